The summed E-state index contributed by atoms with van der Waals surface area (Å²) in [7, 11) is 1.59. The third kappa shape index (κ3) is 2.28. The number of benzene rings is 1. The van der Waals surface area contributed by atoms with Gasteiger partial charge in [-0.3, -0.25) is 0 Å². The van der Waals surface area contributed by atoms with E-state index in [2.05, 4.69) is 22.6 Å². The van der Waals surface area contributed by atoms with Gasteiger partial charge in [0.15, 0.2) is 0 Å². The molecule has 17 heavy (non-hydrogen) atoms. The van der Waals surface area contributed by atoms with Gasteiger partial charge < -0.3 is 14.3 Å². The highest BCUT2D eigenvalue weighted by atomic mass is 127. The van der Waals surface area contributed by atoms with Crippen molar-refractivity contribution in [2.24, 2.45) is 0 Å². The zero-order valence-corrected chi connectivity index (χ0v) is 11.1. The van der Waals surface area contributed by atoms with Crippen molar-refractivity contribution in [2.75, 3.05) is 7.11 Å². The summed E-state index contributed by atoms with van der Waals surface area (Å²) in [4.78, 5) is 11.0. The van der Waals surface area contributed by atoms with Crippen molar-refractivity contribution < 1.29 is 19.1 Å². The minimum absolute atomic E-state index is 0.158. The second-order valence-electron chi connectivity index (χ2n) is 3.35. The van der Waals surface area contributed by atoms with E-state index >= 15 is 0 Å². The Kier molecular flexibility index (Phi) is 3.37. The molecule has 0 spiro atoms. The van der Waals surface area contributed by atoms with Crippen LogP contribution in [0.15, 0.2) is 35.1 Å². The lowest BCUT2D eigenvalue weighted by Crippen LogP contribution is -1.96. The van der Waals surface area contributed by atoms with E-state index in [-0.39, 0.29) is 5.56 Å². The van der Waals surface area contributed by atoms with Gasteiger partial charge in [-0.05, 0) is 40.3 Å². The number of rotatable bonds is 3. The van der Waals surface area contributed by atoms with Crippen LogP contribution in [-0.2, 0) is 0 Å². The van der Waals surface area contributed by atoms with E-state index in [0.717, 1.165) is 14.9 Å². The number of hydrogen-bond donors (Lipinski definition) is 1. The molecule has 88 valence electrons. The summed E-state index contributed by atoms with van der Waals surface area (Å²) in [6, 6.07) is 5.46. The Balaban J connectivity index is 2.50. The molecule has 0 unspecified atom stereocenters. The monoisotopic (exact) mass is 344 g/mol. The molecule has 0 amide bonds. The molecule has 4 nitrogen and oxygen atoms in total. The van der Waals surface area contributed by atoms with E-state index in [1.165, 1.54) is 12.5 Å². The molecule has 1 N–H and O–H groups in total. The molecule has 1 aromatic carbocycles. The molecule has 1 heterocycles. The molecular formula is C12H9IO4. The van der Waals surface area contributed by atoms with Gasteiger partial charge in [0.1, 0.15) is 17.6 Å². The van der Waals surface area contributed by atoms with Crippen LogP contribution in [0.25, 0.3) is 11.1 Å². The molecule has 5 heteroatoms. The van der Waals surface area contributed by atoms with Crippen LogP contribution in [0, 0.1) is 3.57 Å². The van der Waals surface area contributed by atoms with E-state index in [1.807, 2.05) is 6.07 Å². The average Bonchev–Trinajstić information content (AvgIpc) is 2.77. The lowest BCUT2D eigenvalue weighted by Gasteiger charge is -2.05. The van der Waals surface area contributed by atoms with E-state index in [0.29, 0.717) is 5.56 Å². The Morgan fingerprint density at radius 1 is 1.41 bits per heavy atom. The summed E-state index contributed by atoms with van der Waals surface area (Å²) in [6.07, 6.45) is 2.66. The van der Waals surface area contributed by atoms with Crippen LogP contribution < -0.4 is 4.74 Å². The maximum absolute atomic E-state index is 11.0. The van der Waals surface area contributed by atoms with Crippen molar-refractivity contribution in [1.29, 1.82) is 0 Å². The number of hydrogen-bond acceptors (Lipinski definition) is 3. The second-order valence-corrected chi connectivity index (χ2v) is 4.52. The number of halogens is 1. The number of methoxy groups -OCH3 is 1. The van der Waals surface area contributed by atoms with Crippen molar-refractivity contribution in [3.05, 3.63) is 39.9 Å². The minimum atomic E-state index is -1.00. The molecule has 0 aliphatic rings. The number of ether oxygens (including phenoxy) is 1. The summed E-state index contributed by atoms with van der Waals surface area (Å²) < 4.78 is 11.0. The largest absolute Gasteiger partial charge is 0.496 e. The van der Waals surface area contributed by atoms with Crippen molar-refractivity contribution in [3.63, 3.8) is 0 Å². The van der Waals surface area contributed by atoms with Gasteiger partial charge in [-0.25, -0.2) is 4.79 Å². The normalized spacial score (nSPS) is 10.2. The molecule has 0 fully saturated rings. The maximum Gasteiger partial charge on any atom is 0.339 e. The van der Waals surface area contributed by atoms with Gasteiger partial charge in [0.05, 0.1) is 16.9 Å². The molecule has 0 saturated carbocycles. The second kappa shape index (κ2) is 4.79. The summed E-state index contributed by atoms with van der Waals surface area (Å²) in [6.45, 7) is 0. The molecule has 0 radical (unpaired) electrons. The Hall–Kier alpha value is -1.50. The number of furan rings is 1. The third-order valence-corrected chi connectivity index (χ3v) is 3.20. The first kappa shape index (κ1) is 12.0. The Morgan fingerprint density at radius 2 is 2.18 bits per heavy atom. The number of aromatic carboxylic acids is 1. The van der Waals surface area contributed by atoms with Crippen molar-refractivity contribution in [3.8, 4) is 16.9 Å². The Morgan fingerprint density at radius 3 is 2.76 bits per heavy atom. The van der Waals surface area contributed by atoms with Gasteiger partial charge in [-0.15, -0.1) is 0 Å². The van der Waals surface area contributed by atoms with Gasteiger partial charge in [0.2, 0.25) is 0 Å². The van der Waals surface area contributed by atoms with Crippen LogP contribution in [0.3, 0.4) is 0 Å². The van der Waals surface area contributed by atoms with Crippen LogP contribution in [0.4, 0.5) is 0 Å². The first-order valence-corrected chi connectivity index (χ1v) is 5.84. The van der Waals surface area contributed by atoms with E-state index < -0.39 is 5.97 Å². The van der Waals surface area contributed by atoms with Crippen LogP contribution in [-0.4, -0.2) is 18.2 Å². The van der Waals surface area contributed by atoms with Crippen molar-refractivity contribution in [2.45, 2.75) is 0 Å². The lowest BCUT2D eigenvalue weighted by molar-refractivity contribution is 0.0697. The summed E-state index contributed by atoms with van der Waals surface area (Å²) in [5.74, 6) is -0.241. The molecule has 2 rings (SSSR count). The van der Waals surface area contributed by atoms with Crippen LogP contribution in [0.1, 0.15) is 10.4 Å². The van der Waals surface area contributed by atoms with Crippen molar-refractivity contribution in [1.82, 2.24) is 0 Å². The lowest BCUT2D eigenvalue weighted by atomic mass is 10.0. The average molecular weight is 344 g/mol. The molecule has 2 aromatic rings. The smallest absolute Gasteiger partial charge is 0.339 e. The fourth-order valence-electron chi connectivity index (χ4n) is 1.52. The van der Waals surface area contributed by atoms with Gasteiger partial charge in [-0.2, -0.15) is 0 Å². The molecule has 0 saturated heterocycles. The van der Waals surface area contributed by atoms with E-state index in [1.54, 1.807) is 19.2 Å². The van der Waals surface area contributed by atoms with Crippen LogP contribution in [0.5, 0.6) is 5.75 Å². The quantitative estimate of drug-likeness (QED) is 0.869. The first-order valence-electron chi connectivity index (χ1n) is 4.77. The predicted molar refractivity (Wildman–Crippen MR) is 70.4 cm³/mol. The third-order valence-electron chi connectivity index (χ3n) is 2.36. The highest BCUT2D eigenvalue weighted by molar-refractivity contribution is 14.1. The summed E-state index contributed by atoms with van der Waals surface area (Å²) in [5.41, 5.74) is 1.52. The fraction of sp³-hybridized carbons (Fsp3) is 0.0833. The zero-order valence-electron chi connectivity index (χ0n) is 8.94. The van der Waals surface area contributed by atoms with Crippen molar-refractivity contribution >= 4 is 28.6 Å². The summed E-state index contributed by atoms with van der Waals surface area (Å²) in [5, 5.41) is 9.00. The number of carboxylic acids is 1. The molecule has 1 aromatic heterocycles. The first-order chi connectivity index (χ1) is 8.13. The molecular weight excluding hydrogens is 335 g/mol. The number of carbonyl (C=O) groups is 1. The topological polar surface area (TPSA) is 59.7 Å². The highest BCUT2D eigenvalue weighted by Gasteiger charge is 2.15. The van der Waals surface area contributed by atoms with Gasteiger partial charge in [-0.1, -0.05) is 6.07 Å². The highest BCUT2D eigenvalue weighted by Crippen LogP contribution is 2.30. The van der Waals surface area contributed by atoms with E-state index in [9.17, 15) is 4.79 Å². The minimum Gasteiger partial charge on any atom is -0.496 e. The van der Waals surface area contributed by atoms with Gasteiger partial charge >= 0.3 is 5.97 Å². The molecule has 0 aliphatic heterocycles. The Bertz CT molecular complexity index is 559. The van der Waals surface area contributed by atoms with Gasteiger partial charge in [0.25, 0.3) is 0 Å². The Labute approximate surface area is 111 Å². The van der Waals surface area contributed by atoms with Crippen LogP contribution >= 0.6 is 22.6 Å². The zero-order chi connectivity index (χ0) is 12.4. The van der Waals surface area contributed by atoms with Gasteiger partial charge in [0, 0.05) is 5.56 Å². The standard InChI is InChI=1S/C12H9IO4/c1-16-11-3-2-7(4-10(11)13)8-5-17-6-9(8)12(14)15/h2-6H,1H3,(H,14,15). The maximum atomic E-state index is 11.0. The SMILES string of the molecule is COc1ccc(-c2cocc2C(=O)O)cc1I. The predicted octanol–water partition coefficient (Wildman–Crippen LogP) is 3.26. The van der Waals surface area contributed by atoms with Crippen LogP contribution in [0.2, 0.25) is 0 Å². The molecule has 0 atom stereocenters. The molecule has 0 bridgehead atoms. The number of carboxylic acid groups (broad SMARTS) is 1. The molecule has 0 aliphatic carbocycles. The fourth-order valence-corrected chi connectivity index (χ4v) is 2.26. The van der Waals surface area contributed by atoms with E-state index in [4.69, 9.17) is 14.3 Å². The summed E-state index contributed by atoms with van der Waals surface area (Å²) >= 11 is 2.14.